The smallest absolute Gasteiger partial charge is 0.246 e. The fourth-order valence-corrected chi connectivity index (χ4v) is 2.64. The Morgan fingerprint density at radius 3 is 2.63 bits per heavy atom. The summed E-state index contributed by atoms with van der Waals surface area (Å²) in [7, 11) is 0. The Morgan fingerprint density at radius 2 is 2.16 bits per heavy atom. The van der Waals surface area contributed by atoms with Crippen molar-refractivity contribution < 1.29 is 14.1 Å². The quantitative estimate of drug-likeness (QED) is 0.825. The lowest BCUT2D eigenvalue weighted by Gasteiger charge is -2.18. The van der Waals surface area contributed by atoms with Gasteiger partial charge in [-0.15, -0.1) is 0 Å². The van der Waals surface area contributed by atoms with Crippen molar-refractivity contribution in [1.29, 1.82) is 0 Å². The molecule has 19 heavy (non-hydrogen) atoms. The molecule has 2 rings (SSSR count). The van der Waals surface area contributed by atoms with Crippen LogP contribution in [0.4, 0.5) is 0 Å². The normalized spacial score (nSPS) is 21.3. The molecule has 0 radical (unpaired) electrons. The molecule has 0 aromatic carbocycles. The van der Waals surface area contributed by atoms with Gasteiger partial charge in [-0.3, -0.25) is 19.8 Å². The van der Waals surface area contributed by atoms with E-state index >= 15 is 0 Å². The van der Waals surface area contributed by atoms with Crippen LogP contribution in [0.15, 0.2) is 4.52 Å². The van der Waals surface area contributed by atoms with E-state index in [-0.39, 0.29) is 24.3 Å². The van der Waals surface area contributed by atoms with E-state index in [2.05, 4.69) is 10.5 Å². The highest BCUT2D eigenvalue weighted by Gasteiger charge is 2.38. The van der Waals surface area contributed by atoms with Crippen LogP contribution in [0.3, 0.4) is 0 Å². The molecule has 2 amide bonds. The number of aromatic nitrogens is 1. The molecular weight excluding hydrogens is 246 g/mol. The Kier molecular flexibility index (Phi) is 3.71. The van der Waals surface area contributed by atoms with Gasteiger partial charge >= 0.3 is 0 Å². The molecule has 2 heterocycles. The molecule has 1 aromatic heterocycles. The fraction of sp³-hybridized carbons (Fsp3) is 0.615. The van der Waals surface area contributed by atoms with Crippen molar-refractivity contribution in [1.82, 2.24) is 15.4 Å². The van der Waals surface area contributed by atoms with Crippen LogP contribution >= 0.6 is 0 Å². The zero-order valence-corrected chi connectivity index (χ0v) is 11.7. The number of nitrogens with one attached hydrogen (secondary N) is 1. The van der Waals surface area contributed by atoms with Crippen molar-refractivity contribution in [3.05, 3.63) is 17.0 Å². The summed E-state index contributed by atoms with van der Waals surface area (Å²) in [6.45, 7) is 7.88. The highest BCUT2D eigenvalue weighted by atomic mass is 16.5. The predicted molar refractivity (Wildman–Crippen MR) is 68.3 cm³/mol. The number of aryl methyl sites for hydroxylation is 2. The fourth-order valence-electron chi connectivity index (χ4n) is 2.64. The highest BCUT2D eigenvalue weighted by Crippen LogP contribution is 2.23. The molecule has 1 aliphatic heterocycles. The first-order chi connectivity index (χ1) is 8.95. The van der Waals surface area contributed by atoms with Gasteiger partial charge in [0, 0.05) is 18.2 Å². The molecule has 1 saturated heterocycles. The first-order valence-electron chi connectivity index (χ1n) is 6.48. The van der Waals surface area contributed by atoms with Crippen molar-refractivity contribution in [3.63, 3.8) is 0 Å². The number of hydrogen-bond donors (Lipinski definition) is 1. The number of amides is 2. The van der Waals surface area contributed by atoms with Crippen LogP contribution in [-0.4, -0.2) is 34.5 Å². The van der Waals surface area contributed by atoms with Crippen LogP contribution in [0.25, 0.3) is 0 Å². The molecule has 1 aromatic rings. The lowest BCUT2D eigenvalue weighted by Crippen LogP contribution is -2.39. The maximum Gasteiger partial charge on any atom is 0.246 e. The summed E-state index contributed by atoms with van der Waals surface area (Å²) < 4.78 is 5.12. The Bertz CT molecular complexity index is 490. The minimum atomic E-state index is -0.448. The van der Waals surface area contributed by atoms with Gasteiger partial charge in [-0.2, -0.15) is 0 Å². The van der Waals surface area contributed by atoms with Crippen LogP contribution in [0.1, 0.15) is 43.3 Å². The molecule has 6 heteroatoms. The molecule has 0 aliphatic carbocycles. The van der Waals surface area contributed by atoms with Crippen LogP contribution < -0.4 is 5.32 Å². The van der Waals surface area contributed by atoms with Crippen molar-refractivity contribution in [2.75, 3.05) is 6.54 Å². The molecular formula is C13H19N3O3. The second kappa shape index (κ2) is 5.13. The molecule has 1 N–H and O–H groups in total. The van der Waals surface area contributed by atoms with E-state index in [1.807, 2.05) is 20.8 Å². The van der Waals surface area contributed by atoms with E-state index in [4.69, 9.17) is 4.52 Å². The number of carbonyl (C=O) groups excluding carboxylic acids is 2. The van der Waals surface area contributed by atoms with E-state index < -0.39 is 6.04 Å². The minimum Gasteiger partial charge on any atom is -0.361 e. The zero-order valence-electron chi connectivity index (χ0n) is 11.7. The van der Waals surface area contributed by atoms with E-state index in [0.717, 1.165) is 17.0 Å². The summed E-state index contributed by atoms with van der Waals surface area (Å²) in [6, 6.07) is -0.527. The van der Waals surface area contributed by atoms with Crippen LogP contribution in [0.2, 0.25) is 0 Å². The summed E-state index contributed by atoms with van der Waals surface area (Å²) in [5.74, 6) is 0.476. The molecule has 6 nitrogen and oxygen atoms in total. The maximum absolute atomic E-state index is 12.0. The molecule has 1 aliphatic rings. The van der Waals surface area contributed by atoms with Gasteiger partial charge in [-0.25, -0.2) is 0 Å². The molecule has 104 valence electrons. The third kappa shape index (κ3) is 2.40. The van der Waals surface area contributed by atoms with Crippen LogP contribution in [0, 0.1) is 13.8 Å². The molecule has 2 atom stereocenters. The number of likely N-dealkylation sites (tertiary alicyclic amines) is 1. The number of rotatable bonds is 4. The van der Waals surface area contributed by atoms with Gasteiger partial charge in [0.1, 0.15) is 5.76 Å². The first-order valence-corrected chi connectivity index (χ1v) is 6.48. The van der Waals surface area contributed by atoms with Crippen molar-refractivity contribution >= 4 is 11.8 Å². The summed E-state index contributed by atoms with van der Waals surface area (Å²) in [5, 5.41) is 7.09. The highest BCUT2D eigenvalue weighted by molar-refractivity contribution is 6.05. The second-order valence-electron chi connectivity index (χ2n) is 4.86. The predicted octanol–water partition coefficient (Wildman–Crippen LogP) is 1.09. The Morgan fingerprint density at radius 1 is 1.47 bits per heavy atom. The lowest BCUT2D eigenvalue weighted by molar-refractivity contribution is -0.138. The second-order valence-corrected chi connectivity index (χ2v) is 4.86. The maximum atomic E-state index is 12.0. The average Bonchev–Trinajstić information content (AvgIpc) is 2.80. The Labute approximate surface area is 112 Å². The number of carbonyl (C=O) groups is 2. The standard InChI is InChI=1S/C13H19N3O3/c1-5-16-11(17)6-10(13(16)18)14-7(2)12-8(3)15-19-9(12)4/h7,10,14H,5-6H2,1-4H3. The summed E-state index contributed by atoms with van der Waals surface area (Å²) >= 11 is 0. The first kappa shape index (κ1) is 13.7. The monoisotopic (exact) mass is 265 g/mol. The van der Waals surface area contributed by atoms with Crippen LogP contribution in [-0.2, 0) is 9.59 Å². The largest absolute Gasteiger partial charge is 0.361 e. The SMILES string of the molecule is CCN1C(=O)CC(NC(C)c2c(C)noc2C)C1=O. The number of likely N-dealkylation sites (N-methyl/N-ethyl adjacent to an activating group) is 1. The van der Waals surface area contributed by atoms with Gasteiger partial charge in [-0.05, 0) is 27.7 Å². The van der Waals surface area contributed by atoms with E-state index in [1.54, 1.807) is 6.92 Å². The molecule has 2 unspecified atom stereocenters. The third-order valence-corrected chi connectivity index (χ3v) is 3.53. The van der Waals surface area contributed by atoms with Gasteiger partial charge in [0.25, 0.3) is 0 Å². The number of imide groups is 1. The lowest BCUT2D eigenvalue weighted by atomic mass is 10.1. The zero-order chi connectivity index (χ0) is 14.2. The topological polar surface area (TPSA) is 75.4 Å². The average molecular weight is 265 g/mol. The van der Waals surface area contributed by atoms with Crippen molar-refractivity contribution in [2.24, 2.45) is 0 Å². The summed E-state index contributed by atoms with van der Waals surface area (Å²) in [4.78, 5) is 25.0. The van der Waals surface area contributed by atoms with E-state index in [0.29, 0.717) is 6.54 Å². The molecule has 0 bridgehead atoms. The van der Waals surface area contributed by atoms with Gasteiger partial charge in [0.15, 0.2) is 0 Å². The molecule has 0 saturated carbocycles. The van der Waals surface area contributed by atoms with Gasteiger partial charge in [0.05, 0.1) is 18.2 Å². The van der Waals surface area contributed by atoms with E-state index in [1.165, 1.54) is 4.90 Å². The molecule has 1 fully saturated rings. The summed E-state index contributed by atoms with van der Waals surface area (Å²) in [6.07, 6.45) is 0.223. The van der Waals surface area contributed by atoms with Crippen LogP contribution in [0.5, 0.6) is 0 Å². The Hall–Kier alpha value is -1.69. The van der Waals surface area contributed by atoms with Gasteiger partial charge in [0.2, 0.25) is 11.8 Å². The summed E-state index contributed by atoms with van der Waals surface area (Å²) in [5.41, 5.74) is 1.76. The number of hydrogen-bond acceptors (Lipinski definition) is 5. The molecule has 0 spiro atoms. The van der Waals surface area contributed by atoms with Gasteiger partial charge < -0.3 is 4.52 Å². The Balaban J connectivity index is 2.10. The van der Waals surface area contributed by atoms with E-state index in [9.17, 15) is 9.59 Å². The third-order valence-electron chi connectivity index (χ3n) is 3.53. The number of nitrogens with zero attached hydrogens (tertiary/aromatic N) is 2. The van der Waals surface area contributed by atoms with Crippen molar-refractivity contribution in [3.8, 4) is 0 Å². The van der Waals surface area contributed by atoms with Gasteiger partial charge in [-0.1, -0.05) is 5.16 Å². The van der Waals surface area contributed by atoms with Crippen molar-refractivity contribution in [2.45, 2.75) is 46.2 Å². The minimum absolute atomic E-state index is 0.0789.